The zero-order valence-electron chi connectivity index (χ0n) is 14.5. The van der Waals surface area contributed by atoms with Crippen molar-refractivity contribution in [2.45, 2.75) is 44.6 Å². The fourth-order valence-corrected chi connectivity index (χ4v) is 3.68. The van der Waals surface area contributed by atoms with Gasteiger partial charge in [0, 0.05) is 19.2 Å². The normalized spacial score (nSPS) is 17.7. The summed E-state index contributed by atoms with van der Waals surface area (Å²) in [5.41, 5.74) is 2.53. The van der Waals surface area contributed by atoms with Crippen LogP contribution in [0.1, 0.15) is 49.5 Å². The minimum absolute atomic E-state index is 0.0550. The molecule has 136 valence electrons. The zero-order valence-corrected chi connectivity index (χ0v) is 14.5. The number of aromatic amines is 2. The van der Waals surface area contributed by atoms with Crippen molar-refractivity contribution >= 4 is 16.9 Å². The third kappa shape index (κ3) is 3.47. The van der Waals surface area contributed by atoms with E-state index in [-0.39, 0.29) is 17.8 Å². The molecule has 2 aromatic heterocycles. The minimum atomic E-state index is -0.288. The van der Waals surface area contributed by atoms with Crippen molar-refractivity contribution in [3.8, 4) is 0 Å². The molecule has 1 fully saturated rings. The largest absolute Gasteiger partial charge is 0.340 e. The molecule has 1 atom stereocenters. The van der Waals surface area contributed by atoms with Crippen LogP contribution in [0.15, 0.2) is 30.6 Å². The zero-order chi connectivity index (χ0) is 17.9. The smallest absolute Gasteiger partial charge is 0.223 e. The van der Waals surface area contributed by atoms with Crippen LogP contribution in [0.5, 0.6) is 0 Å². The summed E-state index contributed by atoms with van der Waals surface area (Å²) in [7, 11) is 0. The van der Waals surface area contributed by atoms with Gasteiger partial charge >= 0.3 is 0 Å². The number of carbonyl (C=O) groups excluding carboxylic acids is 1. The second-order valence-electron chi connectivity index (χ2n) is 6.84. The van der Waals surface area contributed by atoms with Gasteiger partial charge < -0.3 is 9.88 Å². The van der Waals surface area contributed by atoms with Crippen molar-refractivity contribution in [1.29, 1.82) is 0 Å². The van der Waals surface area contributed by atoms with Gasteiger partial charge in [-0.2, -0.15) is 5.10 Å². The third-order valence-electron chi connectivity index (χ3n) is 5.01. The lowest BCUT2D eigenvalue weighted by Crippen LogP contribution is -2.38. The van der Waals surface area contributed by atoms with E-state index in [1.54, 1.807) is 12.3 Å². The van der Waals surface area contributed by atoms with Gasteiger partial charge in [-0.05, 0) is 55.9 Å². The van der Waals surface area contributed by atoms with Gasteiger partial charge in [0.2, 0.25) is 5.91 Å². The Bertz CT molecular complexity index is 889. The van der Waals surface area contributed by atoms with Gasteiger partial charge in [-0.15, -0.1) is 0 Å². The number of amides is 1. The first-order valence-electron chi connectivity index (χ1n) is 9.13. The molecule has 3 aromatic rings. The number of benzene rings is 1. The number of piperidine rings is 1. The second-order valence-corrected chi connectivity index (χ2v) is 6.84. The van der Waals surface area contributed by atoms with Crippen LogP contribution in [-0.2, 0) is 11.2 Å². The van der Waals surface area contributed by atoms with Crippen LogP contribution < -0.4 is 0 Å². The molecule has 1 aromatic carbocycles. The maximum atomic E-state index is 13.4. The van der Waals surface area contributed by atoms with E-state index in [1.807, 2.05) is 11.1 Å². The molecule has 6 nitrogen and oxygen atoms in total. The molecule has 0 bridgehead atoms. The average Bonchev–Trinajstić information content (AvgIpc) is 3.30. The average molecular weight is 355 g/mol. The topological polar surface area (TPSA) is 77.7 Å². The van der Waals surface area contributed by atoms with Crippen LogP contribution in [0.3, 0.4) is 0 Å². The van der Waals surface area contributed by atoms with Gasteiger partial charge in [0.15, 0.2) is 0 Å². The molecule has 0 radical (unpaired) electrons. The highest BCUT2D eigenvalue weighted by atomic mass is 19.1. The van der Waals surface area contributed by atoms with Gasteiger partial charge in [0.1, 0.15) is 11.6 Å². The van der Waals surface area contributed by atoms with Crippen LogP contribution in [0, 0.1) is 5.82 Å². The lowest BCUT2D eigenvalue weighted by Gasteiger charge is -2.34. The lowest BCUT2D eigenvalue weighted by molar-refractivity contribution is -0.135. The minimum Gasteiger partial charge on any atom is -0.340 e. The molecular formula is C19H22FN5O. The summed E-state index contributed by atoms with van der Waals surface area (Å²) in [5.74, 6) is 0.627. The number of nitrogens with zero attached hydrogens (tertiary/aromatic N) is 3. The fraction of sp³-hybridized carbons (Fsp3) is 0.421. The number of imidazole rings is 1. The van der Waals surface area contributed by atoms with Gasteiger partial charge in [0.25, 0.3) is 0 Å². The number of rotatable bonds is 5. The Kier molecular flexibility index (Phi) is 4.69. The molecule has 4 rings (SSSR count). The maximum absolute atomic E-state index is 13.4. The van der Waals surface area contributed by atoms with Crippen molar-refractivity contribution in [2.75, 3.05) is 6.54 Å². The molecule has 7 heteroatoms. The summed E-state index contributed by atoms with van der Waals surface area (Å²) in [6.45, 7) is 0.751. The Balaban J connectivity index is 1.47. The fourth-order valence-electron chi connectivity index (χ4n) is 3.68. The number of fused-ring (bicyclic) bond motifs is 1. The maximum Gasteiger partial charge on any atom is 0.223 e. The summed E-state index contributed by atoms with van der Waals surface area (Å²) >= 11 is 0. The van der Waals surface area contributed by atoms with Gasteiger partial charge in [0.05, 0.1) is 23.3 Å². The lowest BCUT2D eigenvalue weighted by atomic mass is 10.0. The molecule has 1 amide bonds. The number of aromatic nitrogens is 4. The molecule has 26 heavy (non-hydrogen) atoms. The van der Waals surface area contributed by atoms with Crippen LogP contribution in [0.4, 0.5) is 4.39 Å². The van der Waals surface area contributed by atoms with Crippen molar-refractivity contribution in [3.05, 3.63) is 47.8 Å². The van der Waals surface area contributed by atoms with E-state index < -0.39 is 0 Å². The number of aryl methyl sites for hydroxylation is 1. The van der Waals surface area contributed by atoms with E-state index in [9.17, 15) is 9.18 Å². The van der Waals surface area contributed by atoms with E-state index in [0.717, 1.165) is 55.6 Å². The van der Waals surface area contributed by atoms with Crippen LogP contribution in [-0.4, -0.2) is 37.5 Å². The van der Waals surface area contributed by atoms with Crippen LogP contribution >= 0.6 is 0 Å². The van der Waals surface area contributed by atoms with E-state index >= 15 is 0 Å². The Morgan fingerprint density at radius 1 is 1.35 bits per heavy atom. The van der Waals surface area contributed by atoms with Crippen molar-refractivity contribution in [2.24, 2.45) is 0 Å². The predicted octanol–water partition coefficient (Wildman–Crippen LogP) is 3.50. The quantitative estimate of drug-likeness (QED) is 0.735. The highest BCUT2D eigenvalue weighted by Gasteiger charge is 2.29. The molecule has 0 unspecified atom stereocenters. The van der Waals surface area contributed by atoms with Gasteiger partial charge in [-0.1, -0.05) is 0 Å². The first kappa shape index (κ1) is 16.8. The molecule has 0 aliphatic carbocycles. The molecule has 1 saturated heterocycles. The number of halogens is 1. The number of carbonyl (C=O) groups is 1. The van der Waals surface area contributed by atoms with E-state index in [0.29, 0.717) is 11.9 Å². The molecule has 0 spiro atoms. The standard InChI is InChI=1S/C19H22FN5O/c20-14-7-8-15-16(10-14)24-19(23-15)17-5-1-2-9-25(17)18(26)6-3-4-13-11-21-22-12-13/h7-8,10-12,17H,1-6,9H2,(H,21,22)(H,23,24)/t17-/m0/s1. The summed E-state index contributed by atoms with van der Waals surface area (Å²) in [5, 5.41) is 6.72. The van der Waals surface area contributed by atoms with Gasteiger partial charge in [-0.25, -0.2) is 9.37 Å². The first-order valence-corrected chi connectivity index (χ1v) is 9.13. The van der Waals surface area contributed by atoms with E-state index in [1.165, 1.54) is 12.1 Å². The molecular weight excluding hydrogens is 333 g/mol. The number of nitrogens with one attached hydrogen (secondary N) is 2. The summed E-state index contributed by atoms with van der Waals surface area (Å²) in [4.78, 5) is 22.5. The van der Waals surface area contributed by atoms with Crippen molar-refractivity contribution in [3.63, 3.8) is 0 Å². The number of hydrogen-bond donors (Lipinski definition) is 2. The van der Waals surface area contributed by atoms with Crippen molar-refractivity contribution in [1.82, 2.24) is 25.1 Å². The van der Waals surface area contributed by atoms with E-state index in [4.69, 9.17) is 0 Å². The molecule has 2 N–H and O–H groups in total. The Labute approximate surface area is 150 Å². The van der Waals surface area contributed by atoms with Crippen LogP contribution in [0.25, 0.3) is 11.0 Å². The number of H-pyrrole nitrogens is 2. The Morgan fingerprint density at radius 2 is 2.27 bits per heavy atom. The molecule has 1 aliphatic rings. The number of likely N-dealkylation sites (tertiary alicyclic amines) is 1. The molecule has 0 saturated carbocycles. The predicted molar refractivity (Wildman–Crippen MR) is 95.9 cm³/mol. The third-order valence-corrected chi connectivity index (χ3v) is 5.01. The van der Waals surface area contributed by atoms with Gasteiger partial charge in [-0.3, -0.25) is 9.89 Å². The first-order chi connectivity index (χ1) is 12.7. The number of hydrogen-bond acceptors (Lipinski definition) is 3. The second kappa shape index (κ2) is 7.27. The summed E-state index contributed by atoms with van der Waals surface area (Å²) < 4.78 is 13.4. The molecule has 3 heterocycles. The summed E-state index contributed by atoms with van der Waals surface area (Å²) in [6.07, 6.45) is 8.76. The SMILES string of the molecule is O=C(CCCc1cn[nH]c1)N1CCCC[C@H]1c1nc2ccc(F)cc2[nH]1. The highest BCUT2D eigenvalue weighted by Crippen LogP contribution is 2.31. The Morgan fingerprint density at radius 3 is 3.12 bits per heavy atom. The summed E-state index contributed by atoms with van der Waals surface area (Å²) in [6, 6.07) is 4.48. The monoisotopic (exact) mass is 355 g/mol. The van der Waals surface area contributed by atoms with E-state index in [2.05, 4.69) is 20.2 Å². The highest BCUT2D eigenvalue weighted by molar-refractivity contribution is 5.78. The molecule has 1 aliphatic heterocycles. The van der Waals surface area contributed by atoms with Crippen LogP contribution in [0.2, 0.25) is 0 Å². The van der Waals surface area contributed by atoms with Crippen molar-refractivity contribution < 1.29 is 9.18 Å². The Hall–Kier alpha value is -2.70.